The van der Waals surface area contributed by atoms with Crippen molar-refractivity contribution in [1.82, 2.24) is 19.4 Å². The molecule has 0 saturated carbocycles. The standard InChI is InChI=1S/C17H18N4O.C4H4O4/c1-11-13(19-10-18-11)9-21-8-7-15-16(17(21)22)12-5-3-4-6-14(12)20(15)2;5-3(6)1-2-4(7)8/h3-6,10H,7-9H2,1-2H3,(H,18,19);1-2H,(H,5,6)(H,7,8)/b;2-1+. The van der Waals surface area contributed by atoms with Crippen LogP contribution in [0.15, 0.2) is 42.7 Å². The van der Waals surface area contributed by atoms with E-state index in [1.165, 1.54) is 0 Å². The van der Waals surface area contributed by atoms with Gasteiger partial charge in [0.2, 0.25) is 0 Å². The van der Waals surface area contributed by atoms with Crippen molar-refractivity contribution in [3.8, 4) is 0 Å². The Balaban J connectivity index is 0.000000275. The summed E-state index contributed by atoms with van der Waals surface area (Å²) >= 11 is 0. The number of hydrogen-bond donors (Lipinski definition) is 3. The molecule has 30 heavy (non-hydrogen) atoms. The SMILES string of the molecule is Cc1[nH]cnc1CN1CCc2c(c3ccccc3n2C)C1=O.O=C(O)/C=C/C(=O)O. The van der Waals surface area contributed by atoms with Gasteiger partial charge in [0.15, 0.2) is 0 Å². The highest BCUT2D eigenvalue weighted by molar-refractivity contribution is 6.09. The Kier molecular flexibility index (Phi) is 6.01. The van der Waals surface area contributed by atoms with Gasteiger partial charge in [-0.1, -0.05) is 18.2 Å². The number of nitrogens with zero attached hydrogens (tertiary/aromatic N) is 3. The molecule has 0 saturated heterocycles. The Morgan fingerprint density at radius 3 is 2.47 bits per heavy atom. The molecular formula is C21H22N4O5. The third-order valence-corrected chi connectivity index (χ3v) is 4.99. The number of carboxylic acid groups (broad SMARTS) is 2. The first-order chi connectivity index (χ1) is 14.3. The molecule has 1 aromatic carbocycles. The molecule has 0 atom stereocenters. The third kappa shape index (κ3) is 4.24. The highest BCUT2D eigenvalue weighted by Crippen LogP contribution is 2.30. The van der Waals surface area contributed by atoms with Gasteiger partial charge in [0.1, 0.15) is 0 Å². The van der Waals surface area contributed by atoms with E-state index < -0.39 is 11.9 Å². The fraction of sp³-hybridized carbons (Fsp3) is 0.238. The van der Waals surface area contributed by atoms with Crippen molar-refractivity contribution in [2.45, 2.75) is 19.9 Å². The van der Waals surface area contributed by atoms with E-state index in [0.717, 1.165) is 46.5 Å². The third-order valence-electron chi connectivity index (χ3n) is 4.99. The lowest BCUT2D eigenvalue weighted by atomic mass is 10.0. The van der Waals surface area contributed by atoms with Gasteiger partial charge >= 0.3 is 11.9 Å². The van der Waals surface area contributed by atoms with Gasteiger partial charge in [-0.25, -0.2) is 14.6 Å². The maximum atomic E-state index is 13.0. The number of carboxylic acids is 2. The molecule has 0 spiro atoms. The molecule has 4 rings (SSSR count). The zero-order valence-corrected chi connectivity index (χ0v) is 16.6. The molecule has 1 aliphatic rings. The van der Waals surface area contributed by atoms with E-state index in [4.69, 9.17) is 10.2 Å². The van der Waals surface area contributed by atoms with Gasteiger partial charge in [0, 0.05) is 54.5 Å². The second-order valence-electron chi connectivity index (χ2n) is 6.86. The first kappa shape index (κ1) is 20.8. The van der Waals surface area contributed by atoms with Gasteiger partial charge in [-0.2, -0.15) is 0 Å². The molecule has 3 N–H and O–H groups in total. The quantitative estimate of drug-likeness (QED) is 0.565. The molecule has 0 aliphatic carbocycles. The number of fused-ring (bicyclic) bond motifs is 3. The molecule has 0 bridgehead atoms. The molecule has 0 fully saturated rings. The van der Waals surface area contributed by atoms with Crippen LogP contribution < -0.4 is 0 Å². The second kappa shape index (κ2) is 8.64. The molecule has 9 heteroatoms. The summed E-state index contributed by atoms with van der Waals surface area (Å²) in [5.41, 5.74) is 5.09. The fourth-order valence-corrected chi connectivity index (χ4v) is 3.50. The van der Waals surface area contributed by atoms with Gasteiger partial charge in [-0.05, 0) is 13.0 Å². The average Bonchev–Trinajstić information content (AvgIpc) is 3.24. The lowest BCUT2D eigenvalue weighted by Crippen LogP contribution is -2.37. The number of hydrogen-bond acceptors (Lipinski definition) is 4. The van der Waals surface area contributed by atoms with Crippen molar-refractivity contribution in [3.05, 3.63) is 65.4 Å². The summed E-state index contributed by atoms with van der Waals surface area (Å²) in [4.78, 5) is 41.4. The molecule has 3 aromatic rings. The van der Waals surface area contributed by atoms with Crippen LogP contribution in [0.1, 0.15) is 27.4 Å². The van der Waals surface area contributed by atoms with Crippen LogP contribution in [0.3, 0.4) is 0 Å². The van der Waals surface area contributed by atoms with Crippen LogP contribution in [-0.2, 0) is 29.6 Å². The number of H-pyrrole nitrogens is 1. The largest absolute Gasteiger partial charge is 0.478 e. The number of nitrogens with one attached hydrogen (secondary N) is 1. The van der Waals surface area contributed by atoms with Crippen molar-refractivity contribution >= 4 is 28.7 Å². The molecule has 1 aliphatic heterocycles. The van der Waals surface area contributed by atoms with Crippen LogP contribution in [0.2, 0.25) is 0 Å². The minimum absolute atomic E-state index is 0.112. The lowest BCUT2D eigenvalue weighted by molar-refractivity contribution is -0.134. The van der Waals surface area contributed by atoms with Crippen LogP contribution >= 0.6 is 0 Å². The number of para-hydroxylation sites is 1. The summed E-state index contributed by atoms with van der Waals surface area (Å²) in [5, 5.41) is 16.7. The summed E-state index contributed by atoms with van der Waals surface area (Å²) in [7, 11) is 2.04. The number of carbonyl (C=O) groups is 3. The topological polar surface area (TPSA) is 129 Å². The molecule has 0 radical (unpaired) electrons. The van der Waals surface area contributed by atoms with Crippen molar-refractivity contribution in [2.75, 3.05) is 6.54 Å². The Morgan fingerprint density at radius 1 is 1.20 bits per heavy atom. The van der Waals surface area contributed by atoms with E-state index in [1.54, 1.807) is 6.33 Å². The molecule has 1 amide bonds. The van der Waals surface area contributed by atoms with Crippen molar-refractivity contribution in [1.29, 1.82) is 0 Å². The maximum absolute atomic E-state index is 13.0. The van der Waals surface area contributed by atoms with Gasteiger partial charge in [-0.15, -0.1) is 0 Å². The van der Waals surface area contributed by atoms with Crippen LogP contribution in [0.4, 0.5) is 0 Å². The predicted octanol–water partition coefficient (Wildman–Crippen LogP) is 2.12. The van der Waals surface area contributed by atoms with E-state index in [-0.39, 0.29) is 5.91 Å². The Labute approximate surface area is 172 Å². The van der Waals surface area contributed by atoms with Gasteiger partial charge in [0.05, 0.1) is 24.1 Å². The van der Waals surface area contributed by atoms with Crippen LogP contribution in [-0.4, -0.2) is 54.0 Å². The maximum Gasteiger partial charge on any atom is 0.328 e. The first-order valence-corrected chi connectivity index (χ1v) is 9.28. The number of benzene rings is 1. The van der Waals surface area contributed by atoms with Gasteiger partial charge in [0.25, 0.3) is 5.91 Å². The first-order valence-electron chi connectivity index (χ1n) is 9.28. The number of aliphatic carboxylic acids is 2. The molecule has 3 heterocycles. The Morgan fingerprint density at radius 2 is 1.87 bits per heavy atom. The average molecular weight is 410 g/mol. The van der Waals surface area contributed by atoms with Crippen molar-refractivity contribution in [3.63, 3.8) is 0 Å². The van der Waals surface area contributed by atoms with Crippen LogP contribution in [0, 0.1) is 6.92 Å². The van der Waals surface area contributed by atoms with E-state index in [0.29, 0.717) is 18.7 Å². The molecular weight excluding hydrogens is 388 g/mol. The summed E-state index contributed by atoms with van der Waals surface area (Å²) < 4.78 is 2.15. The summed E-state index contributed by atoms with van der Waals surface area (Å²) in [6.07, 6.45) is 3.68. The molecule has 9 nitrogen and oxygen atoms in total. The Hall–Kier alpha value is -3.88. The molecule has 156 valence electrons. The van der Waals surface area contributed by atoms with E-state index >= 15 is 0 Å². The number of imidazole rings is 1. The van der Waals surface area contributed by atoms with E-state index in [1.807, 2.05) is 37.1 Å². The smallest absolute Gasteiger partial charge is 0.328 e. The number of aryl methyl sites for hydroxylation is 2. The van der Waals surface area contributed by atoms with E-state index in [2.05, 4.69) is 20.6 Å². The number of carbonyl (C=O) groups excluding carboxylic acids is 1. The summed E-state index contributed by atoms with van der Waals surface area (Å²) in [6, 6.07) is 8.12. The second-order valence-corrected chi connectivity index (χ2v) is 6.86. The zero-order chi connectivity index (χ0) is 21.8. The zero-order valence-electron chi connectivity index (χ0n) is 16.6. The highest BCUT2D eigenvalue weighted by Gasteiger charge is 2.30. The van der Waals surface area contributed by atoms with Crippen molar-refractivity contribution in [2.24, 2.45) is 7.05 Å². The summed E-state index contributed by atoms with van der Waals surface area (Å²) in [6.45, 7) is 3.29. The minimum Gasteiger partial charge on any atom is -0.478 e. The van der Waals surface area contributed by atoms with Gasteiger partial charge < -0.3 is 24.7 Å². The van der Waals surface area contributed by atoms with Crippen LogP contribution in [0.5, 0.6) is 0 Å². The van der Waals surface area contributed by atoms with Crippen LogP contribution in [0.25, 0.3) is 10.9 Å². The highest BCUT2D eigenvalue weighted by atomic mass is 16.4. The Bertz CT molecular complexity index is 1130. The lowest BCUT2D eigenvalue weighted by Gasteiger charge is -2.27. The monoisotopic (exact) mass is 410 g/mol. The number of rotatable bonds is 4. The number of aromatic nitrogens is 3. The van der Waals surface area contributed by atoms with E-state index in [9.17, 15) is 14.4 Å². The normalized spacial score (nSPS) is 13.3. The van der Waals surface area contributed by atoms with Crippen molar-refractivity contribution < 1.29 is 24.6 Å². The predicted molar refractivity (Wildman–Crippen MR) is 109 cm³/mol. The molecule has 2 aromatic heterocycles. The van der Waals surface area contributed by atoms with Gasteiger partial charge in [-0.3, -0.25) is 4.79 Å². The number of amides is 1. The number of aromatic amines is 1. The fourth-order valence-electron chi connectivity index (χ4n) is 3.50. The molecule has 0 unspecified atom stereocenters. The summed E-state index contributed by atoms with van der Waals surface area (Å²) in [5.74, 6) is -2.40. The minimum atomic E-state index is -1.26.